The SMILES string of the molecule is CCCCCCCCCCOc1ccc(C2=C(c3ccc(O)cc3)[C@H]3C[C@H](S(=O)(=O)N(CC(F)(F)F)c4ccc(OC)cc4)[C@@H]2O3)cc1. The number of halogens is 3. The van der Waals surface area contributed by atoms with E-state index in [9.17, 15) is 26.7 Å². The van der Waals surface area contributed by atoms with Crippen LogP contribution in [-0.2, 0) is 14.8 Å². The van der Waals surface area contributed by atoms with Gasteiger partial charge in [0.25, 0.3) is 0 Å². The molecule has 1 N–H and O–H groups in total. The lowest BCUT2D eigenvalue weighted by Crippen LogP contribution is -2.47. The highest BCUT2D eigenvalue weighted by atomic mass is 32.2. The molecule has 0 spiro atoms. The van der Waals surface area contributed by atoms with Crippen molar-refractivity contribution >= 4 is 26.9 Å². The number of rotatable bonds is 17. The van der Waals surface area contributed by atoms with Crippen LogP contribution in [0.1, 0.15) is 75.8 Å². The van der Waals surface area contributed by atoms with Crippen LogP contribution in [0, 0.1) is 0 Å². The molecule has 2 heterocycles. The second kappa shape index (κ2) is 15.7. The average molecular weight is 688 g/mol. The number of alkyl halides is 3. The van der Waals surface area contributed by atoms with E-state index in [1.54, 1.807) is 12.1 Å². The van der Waals surface area contributed by atoms with E-state index >= 15 is 0 Å². The van der Waals surface area contributed by atoms with Crippen LogP contribution in [0.25, 0.3) is 11.1 Å². The summed E-state index contributed by atoms with van der Waals surface area (Å²) in [4.78, 5) is 0. The summed E-state index contributed by atoms with van der Waals surface area (Å²) in [7, 11) is -3.16. The zero-order valence-corrected chi connectivity index (χ0v) is 28.2. The maximum atomic E-state index is 14.2. The molecule has 0 saturated carbocycles. The smallest absolute Gasteiger partial charge is 0.407 e. The van der Waals surface area contributed by atoms with Gasteiger partial charge >= 0.3 is 6.18 Å². The Kier molecular flexibility index (Phi) is 11.6. The highest BCUT2D eigenvalue weighted by Crippen LogP contribution is 2.51. The molecule has 48 heavy (non-hydrogen) atoms. The minimum Gasteiger partial charge on any atom is -0.508 e. The molecule has 0 aliphatic carbocycles. The molecule has 11 heteroatoms. The number of phenols is 1. The molecule has 0 amide bonds. The van der Waals surface area contributed by atoms with Crippen molar-refractivity contribution in [2.75, 3.05) is 24.6 Å². The second-order valence-corrected chi connectivity index (χ2v) is 14.5. The van der Waals surface area contributed by atoms with Crippen molar-refractivity contribution in [3.63, 3.8) is 0 Å². The van der Waals surface area contributed by atoms with Gasteiger partial charge in [0.15, 0.2) is 0 Å². The largest absolute Gasteiger partial charge is 0.508 e. The molecule has 0 radical (unpaired) electrons. The summed E-state index contributed by atoms with van der Waals surface area (Å²) in [6, 6.07) is 19.3. The van der Waals surface area contributed by atoms with E-state index in [4.69, 9.17) is 14.2 Å². The maximum Gasteiger partial charge on any atom is 0.407 e. The molecule has 0 aromatic heterocycles. The van der Waals surface area contributed by atoms with Crippen molar-refractivity contribution in [1.82, 2.24) is 0 Å². The van der Waals surface area contributed by atoms with Crippen LogP contribution >= 0.6 is 0 Å². The minimum absolute atomic E-state index is 0.0168. The molecule has 3 aromatic rings. The lowest BCUT2D eigenvalue weighted by Gasteiger charge is -2.32. The number of anilines is 1. The third kappa shape index (κ3) is 8.47. The van der Waals surface area contributed by atoms with Crippen LogP contribution in [-0.4, -0.2) is 57.4 Å². The Morgan fingerprint density at radius 3 is 1.98 bits per heavy atom. The molecule has 5 rings (SSSR count). The van der Waals surface area contributed by atoms with Gasteiger partial charge in [0.1, 0.15) is 35.1 Å². The molecule has 3 atom stereocenters. The number of benzene rings is 3. The predicted octanol–water partition coefficient (Wildman–Crippen LogP) is 8.77. The number of fused-ring (bicyclic) bond motifs is 2. The van der Waals surface area contributed by atoms with Gasteiger partial charge in [0.05, 0.1) is 25.5 Å². The van der Waals surface area contributed by atoms with Crippen molar-refractivity contribution < 1.29 is 40.9 Å². The van der Waals surface area contributed by atoms with Gasteiger partial charge in [-0.05, 0) is 83.6 Å². The number of hydrogen-bond donors (Lipinski definition) is 1. The Labute approximate surface area is 281 Å². The van der Waals surface area contributed by atoms with Gasteiger partial charge in [0.2, 0.25) is 10.0 Å². The van der Waals surface area contributed by atoms with Crippen molar-refractivity contribution in [2.24, 2.45) is 0 Å². The molecular weight excluding hydrogens is 643 g/mol. The van der Waals surface area contributed by atoms with Crippen LogP contribution < -0.4 is 13.8 Å². The van der Waals surface area contributed by atoms with Crippen LogP contribution in [0.5, 0.6) is 17.2 Å². The van der Waals surface area contributed by atoms with Crippen LogP contribution in [0.15, 0.2) is 72.8 Å². The molecule has 2 aliphatic heterocycles. The van der Waals surface area contributed by atoms with Crippen molar-refractivity contribution in [1.29, 1.82) is 0 Å². The summed E-state index contributed by atoms with van der Waals surface area (Å²) in [6.07, 6.45) is 3.08. The van der Waals surface area contributed by atoms with Gasteiger partial charge in [-0.3, -0.25) is 4.31 Å². The van der Waals surface area contributed by atoms with Crippen LogP contribution in [0.3, 0.4) is 0 Å². The van der Waals surface area contributed by atoms with Gasteiger partial charge in [0, 0.05) is 0 Å². The number of sulfonamides is 1. The Balaban J connectivity index is 1.38. The molecule has 1 saturated heterocycles. The molecule has 2 bridgehead atoms. The first-order valence-corrected chi connectivity index (χ1v) is 18.2. The van der Waals surface area contributed by atoms with Gasteiger partial charge in [-0.2, -0.15) is 13.2 Å². The van der Waals surface area contributed by atoms with Gasteiger partial charge in [-0.25, -0.2) is 8.42 Å². The molecular formula is C37H44F3NO6S. The third-order valence-corrected chi connectivity index (χ3v) is 11.1. The number of nitrogens with zero attached hydrogens (tertiary/aromatic N) is 1. The standard InChI is InChI=1S/C37H44F3NO6S/c1-3-4-5-6-7-8-9-10-23-46-31-19-13-27(14-20-31)35-34(26-11-17-29(42)18-12-26)32-24-33(36(35)47-32)48(43,44)41(25-37(38,39)40)28-15-21-30(45-2)22-16-28/h11-22,32-33,36,42H,3-10,23-25H2,1-2H3/t32-,33+,36+/m1/s1. The first-order chi connectivity index (χ1) is 23.0. The molecule has 7 nitrogen and oxygen atoms in total. The van der Waals surface area contributed by atoms with Gasteiger partial charge in [-0.1, -0.05) is 76.1 Å². The van der Waals surface area contributed by atoms with E-state index in [0.29, 0.717) is 33.5 Å². The van der Waals surface area contributed by atoms with Gasteiger partial charge < -0.3 is 19.3 Å². The van der Waals surface area contributed by atoms with E-state index in [0.717, 1.165) is 24.0 Å². The Morgan fingerprint density at radius 1 is 0.812 bits per heavy atom. The van der Waals surface area contributed by atoms with E-state index in [-0.39, 0.29) is 17.9 Å². The first kappa shape index (κ1) is 35.6. The molecule has 3 aromatic carbocycles. The fourth-order valence-corrected chi connectivity index (χ4v) is 8.56. The van der Waals surface area contributed by atoms with E-state index < -0.39 is 40.2 Å². The lowest BCUT2D eigenvalue weighted by molar-refractivity contribution is -0.117. The summed E-state index contributed by atoms with van der Waals surface area (Å²) in [5, 5.41) is 8.64. The quantitative estimate of drug-likeness (QED) is 0.143. The van der Waals surface area contributed by atoms with E-state index in [1.807, 2.05) is 24.3 Å². The minimum atomic E-state index is -4.79. The fraction of sp³-hybridized carbons (Fsp3) is 0.459. The number of hydrogen-bond acceptors (Lipinski definition) is 6. The fourth-order valence-electron chi connectivity index (χ4n) is 6.56. The summed E-state index contributed by atoms with van der Waals surface area (Å²) in [5.74, 6) is 1.14. The monoisotopic (exact) mass is 687 g/mol. The third-order valence-electron chi connectivity index (χ3n) is 8.97. The highest BCUT2D eigenvalue weighted by molar-refractivity contribution is 7.93. The Morgan fingerprint density at radius 2 is 1.38 bits per heavy atom. The van der Waals surface area contributed by atoms with Gasteiger partial charge in [-0.15, -0.1) is 0 Å². The maximum absolute atomic E-state index is 14.2. The number of ether oxygens (including phenoxy) is 3. The molecule has 2 aliphatic rings. The highest BCUT2D eigenvalue weighted by Gasteiger charge is 2.55. The van der Waals surface area contributed by atoms with Crippen molar-refractivity contribution in [3.05, 3.63) is 83.9 Å². The summed E-state index contributed by atoms with van der Waals surface area (Å²) in [5.41, 5.74) is 2.67. The number of methoxy groups -OCH3 is 1. The molecule has 1 fully saturated rings. The summed E-state index contributed by atoms with van der Waals surface area (Å²) >= 11 is 0. The summed E-state index contributed by atoms with van der Waals surface area (Å²) in [6.45, 7) is 1.12. The topological polar surface area (TPSA) is 85.3 Å². The number of unbranched alkanes of at least 4 members (excludes halogenated alkanes) is 7. The number of phenolic OH excluding ortho intramolecular Hbond substituents is 1. The predicted molar refractivity (Wildman–Crippen MR) is 182 cm³/mol. The van der Waals surface area contributed by atoms with E-state index in [2.05, 4.69) is 6.92 Å². The summed E-state index contributed by atoms with van der Waals surface area (Å²) < 4.78 is 87.7. The Bertz CT molecular complexity index is 1620. The lowest BCUT2D eigenvalue weighted by atomic mass is 9.83. The average Bonchev–Trinajstić information content (AvgIpc) is 3.67. The zero-order chi connectivity index (χ0) is 34.3. The van der Waals surface area contributed by atoms with Crippen LogP contribution in [0.2, 0.25) is 0 Å². The first-order valence-electron chi connectivity index (χ1n) is 16.7. The Hall–Kier alpha value is -3.70. The molecule has 0 unspecified atom stereocenters. The second-order valence-electron chi connectivity index (χ2n) is 12.4. The normalized spacial score (nSPS) is 19.1. The van der Waals surface area contributed by atoms with Crippen LogP contribution in [0.4, 0.5) is 18.9 Å². The van der Waals surface area contributed by atoms with E-state index in [1.165, 1.54) is 82.0 Å². The zero-order valence-electron chi connectivity index (χ0n) is 27.4. The van der Waals surface area contributed by atoms with Crippen molar-refractivity contribution in [3.8, 4) is 17.2 Å². The molecule has 260 valence electrons. The van der Waals surface area contributed by atoms with Crippen molar-refractivity contribution in [2.45, 2.75) is 88.3 Å². The number of aromatic hydroxyl groups is 1.